The summed E-state index contributed by atoms with van der Waals surface area (Å²) in [6.07, 6.45) is -2.01. The lowest BCUT2D eigenvalue weighted by Crippen LogP contribution is -2.35. The number of nitrogens with zero attached hydrogens (tertiary/aromatic N) is 1. The highest BCUT2D eigenvalue weighted by molar-refractivity contribution is 5.22. The number of aliphatic hydroxyl groups is 2. The lowest BCUT2D eigenvalue weighted by molar-refractivity contribution is 0.0419. The van der Waals surface area contributed by atoms with Gasteiger partial charge in [0.25, 0.3) is 5.56 Å². The van der Waals surface area contributed by atoms with Gasteiger partial charge in [0.1, 0.15) is 0 Å². The van der Waals surface area contributed by atoms with Gasteiger partial charge in [0, 0.05) is 18.2 Å². The first kappa shape index (κ1) is 12.7. The molecule has 2 unspecified atom stereocenters. The Morgan fingerprint density at radius 1 is 1.50 bits per heavy atom. The van der Waals surface area contributed by atoms with Gasteiger partial charge >= 0.3 is 5.69 Å². The van der Waals surface area contributed by atoms with E-state index in [9.17, 15) is 19.1 Å². The third-order valence-electron chi connectivity index (χ3n) is 3.24. The van der Waals surface area contributed by atoms with Crippen LogP contribution in [0.2, 0.25) is 0 Å². The molecule has 0 radical (unpaired) electrons. The van der Waals surface area contributed by atoms with Crippen LogP contribution in [0.3, 0.4) is 0 Å². The SMILES string of the molecule is C=C1[C@@H](n2ccc(=O)[nH]c2=O)C(F)C(O)[C@H]1CO. The largest absolute Gasteiger partial charge is 0.396 e. The number of H-pyrrole nitrogens is 1. The second kappa shape index (κ2) is 4.51. The van der Waals surface area contributed by atoms with E-state index in [0.717, 1.165) is 16.8 Å². The lowest BCUT2D eigenvalue weighted by Gasteiger charge is -2.17. The maximum atomic E-state index is 14.0. The first-order valence-electron chi connectivity index (χ1n) is 5.40. The highest BCUT2D eigenvalue weighted by Crippen LogP contribution is 2.40. The van der Waals surface area contributed by atoms with Gasteiger partial charge in [-0.05, 0) is 5.57 Å². The Labute approximate surface area is 101 Å². The molecule has 3 N–H and O–H groups in total. The molecule has 0 saturated heterocycles. The third-order valence-corrected chi connectivity index (χ3v) is 3.24. The average molecular weight is 256 g/mol. The standard InChI is InChI=1S/C11H13FN2O4/c1-5-6(4-15)10(17)8(12)9(5)14-3-2-7(16)13-11(14)18/h2-3,6,8-10,15,17H,1,4H2,(H,13,16,18)/t6-,8?,9+,10?/m0/s1. The molecule has 1 aliphatic carbocycles. The lowest BCUT2D eigenvalue weighted by atomic mass is 10.0. The number of aliphatic hydroxyl groups excluding tert-OH is 2. The van der Waals surface area contributed by atoms with E-state index < -0.39 is 42.1 Å². The summed E-state index contributed by atoms with van der Waals surface area (Å²) in [7, 11) is 0. The van der Waals surface area contributed by atoms with E-state index in [0.29, 0.717) is 0 Å². The van der Waals surface area contributed by atoms with E-state index in [2.05, 4.69) is 6.58 Å². The van der Waals surface area contributed by atoms with Gasteiger partial charge in [-0.1, -0.05) is 6.58 Å². The molecule has 0 bridgehead atoms. The number of halogens is 1. The van der Waals surface area contributed by atoms with Crippen molar-refractivity contribution in [1.82, 2.24) is 9.55 Å². The maximum Gasteiger partial charge on any atom is 0.328 e. The predicted molar refractivity (Wildman–Crippen MR) is 61.0 cm³/mol. The molecule has 7 heteroatoms. The minimum Gasteiger partial charge on any atom is -0.396 e. The number of aromatic amines is 1. The molecule has 98 valence electrons. The van der Waals surface area contributed by atoms with Gasteiger partial charge in [0.05, 0.1) is 18.8 Å². The van der Waals surface area contributed by atoms with Crippen molar-refractivity contribution in [3.63, 3.8) is 0 Å². The molecule has 2 rings (SSSR count). The molecule has 6 nitrogen and oxygen atoms in total. The summed E-state index contributed by atoms with van der Waals surface area (Å²) in [5.74, 6) is -0.816. The summed E-state index contributed by atoms with van der Waals surface area (Å²) in [6, 6.07) is 0.00144. The molecule has 0 amide bonds. The molecule has 4 atom stereocenters. The predicted octanol–water partition coefficient (Wildman–Crippen LogP) is -1.04. The second-order valence-electron chi connectivity index (χ2n) is 4.26. The number of aromatic nitrogens is 2. The summed E-state index contributed by atoms with van der Waals surface area (Å²) in [5.41, 5.74) is -1.14. The Morgan fingerprint density at radius 3 is 2.67 bits per heavy atom. The van der Waals surface area contributed by atoms with Gasteiger partial charge in [-0.25, -0.2) is 9.18 Å². The van der Waals surface area contributed by atoms with E-state index in [1.165, 1.54) is 0 Å². The van der Waals surface area contributed by atoms with Gasteiger partial charge in [-0.2, -0.15) is 0 Å². The van der Waals surface area contributed by atoms with Crippen LogP contribution in [0, 0.1) is 5.92 Å². The van der Waals surface area contributed by atoms with E-state index in [1.807, 2.05) is 4.98 Å². The van der Waals surface area contributed by atoms with Gasteiger partial charge in [0.15, 0.2) is 6.17 Å². The molecule has 1 aromatic heterocycles. The van der Waals surface area contributed by atoms with E-state index in [1.54, 1.807) is 0 Å². The summed E-state index contributed by atoms with van der Waals surface area (Å²) in [5, 5.41) is 18.7. The maximum absolute atomic E-state index is 14.0. The molecule has 1 aromatic rings. The van der Waals surface area contributed by atoms with Crippen molar-refractivity contribution in [2.45, 2.75) is 18.3 Å². The molecular formula is C11H13FN2O4. The second-order valence-corrected chi connectivity index (χ2v) is 4.26. The smallest absolute Gasteiger partial charge is 0.328 e. The zero-order valence-electron chi connectivity index (χ0n) is 9.41. The Kier molecular flexibility index (Phi) is 3.18. The topological polar surface area (TPSA) is 95.3 Å². The van der Waals surface area contributed by atoms with Crippen molar-refractivity contribution in [3.05, 3.63) is 45.3 Å². The summed E-state index contributed by atoms with van der Waals surface area (Å²) in [6.45, 7) is 3.17. The number of alkyl halides is 1. The number of hydrogen-bond acceptors (Lipinski definition) is 4. The Morgan fingerprint density at radius 2 is 2.17 bits per heavy atom. The van der Waals surface area contributed by atoms with E-state index >= 15 is 0 Å². The van der Waals surface area contributed by atoms with Gasteiger partial charge in [0.2, 0.25) is 0 Å². The van der Waals surface area contributed by atoms with Crippen LogP contribution in [-0.4, -0.2) is 38.6 Å². The van der Waals surface area contributed by atoms with Crippen LogP contribution in [-0.2, 0) is 0 Å². The van der Waals surface area contributed by atoms with Crippen LogP contribution in [0.5, 0.6) is 0 Å². The van der Waals surface area contributed by atoms with Crippen LogP contribution in [0.1, 0.15) is 6.04 Å². The molecule has 0 aromatic carbocycles. The summed E-state index contributed by atoms with van der Waals surface area (Å²) in [4.78, 5) is 24.5. The van der Waals surface area contributed by atoms with Gasteiger partial charge < -0.3 is 10.2 Å². The minimum absolute atomic E-state index is 0.228. The Balaban J connectivity index is 2.48. The van der Waals surface area contributed by atoms with Crippen LogP contribution < -0.4 is 11.2 Å². The van der Waals surface area contributed by atoms with Crippen molar-refractivity contribution in [2.75, 3.05) is 6.61 Å². The van der Waals surface area contributed by atoms with Crippen LogP contribution in [0.25, 0.3) is 0 Å². The third kappa shape index (κ3) is 1.81. The monoisotopic (exact) mass is 256 g/mol. The van der Waals surface area contributed by atoms with Crippen molar-refractivity contribution < 1.29 is 14.6 Å². The summed E-state index contributed by atoms with van der Waals surface area (Å²) < 4.78 is 14.9. The quantitative estimate of drug-likeness (QED) is 0.589. The first-order valence-corrected chi connectivity index (χ1v) is 5.40. The van der Waals surface area contributed by atoms with E-state index in [-0.39, 0.29) is 5.57 Å². The first-order chi connectivity index (χ1) is 8.47. The van der Waals surface area contributed by atoms with Crippen molar-refractivity contribution in [2.24, 2.45) is 5.92 Å². The van der Waals surface area contributed by atoms with Crippen molar-refractivity contribution in [1.29, 1.82) is 0 Å². The van der Waals surface area contributed by atoms with Crippen LogP contribution in [0.4, 0.5) is 4.39 Å². The zero-order chi connectivity index (χ0) is 13.4. The highest BCUT2D eigenvalue weighted by atomic mass is 19.1. The molecule has 1 saturated carbocycles. The van der Waals surface area contributed by atoms with Gasteiger partial charge in [-0.15, -0.1) is 0 Å². The number of hydrogen-bond donors (Lipinski definition) is 3. The summed E-state index contributed by atoms with van der Waals surface area (Å²) >= 11 is 0. The number of rotatable bonds is 2. The molecular weight excluding hydrogens is 243 g/mol. The van der Waals surface area contributed by atoms with E-state index in [4.69, 9.17) is 5.11 Å². The normalized spacial score (nSPS) is 31.8. The minimum atomic E-state index is -1.75. The molecule has 0 aliphatic heterocycles. The Bertz CT molecular complexity index is 579. The highest BCUT2D eigenvalue weighted by Gasteiger charge is 2.46. The fourth-order valence-electron chi connectivity index (χ4n) is 2.26. The Hall–Kier alpha value is -1.73. The van der Waals surface area contributed by atoms with Gasteiger partial charge in [-0.3, -0.25) is 14.3 Å². The van der Waals surface area contributed by atoms with Crippen molar-refractivity contribution >= 4 is 0 Å². The molecule has 1 fully saturated rings. The molecule has 1 aliphatic rings. The molecule has 0 spiro atoms. The fourth-order valence-corrected chi connectivity index (χ4v) is 2.26. The van der Waals surface area contributed by atoms with Crippen LogP contribution in [0.15, 0.2) is 34.0 Å². The molecule has 18 heavy (non-hydrogen) atoms. The van der Waals surface area contributed by atoms with Crippen LogP contribution >= 0.6 is 0 Å². The molecule has 1 heterocycles. The average Bonchev–Trinajstić information content (AvgIpc) is 2.52. The number of nitrogens with one attached hydrogen (secondary N) is 1. The van der Waals surface area contributed by atoms with Crippen molar-refractivity contribution in [3.8, 4) is 0 Å². The zero-order valence-corrected chi connectivity index (χ0v) is 9.41. The fraction of sp³-hybridized carbons (Fsp3) is 0.455.